The fourth-order valence-corrected chi connectivity index (χ4v) is 3.50. The van der Waals surface area contributed by atoms with Crippen molar-refractivity contribution in [1.29, 1.82) is 0 Å². The number of imidazole rings is 1. The normalized spacial score (nSPS) is 10.9. The van der Waals surface area contributed by atoms with Crippen LogP contribution in [0.4, 0.5) is 0 Å². The second-order valence-corrected chi connectivity index (χ2v) is 6.38. The molecule has 0 aliphatic carbocycles. The number of carbonyl (C=O) groups excluding carboxylic acids is 1. The highest BCUT2D eigenvalue weighted by Crippen LogP contribution is 2.41. The van der Waals surface area contributed by atoms with E-state index >= 15 is 0 Å². The largest absolute Gasteiger partial charge is 0.493 e. The molecule has 7 heteroatoms. The van der Waals surface area contributed by atoms with Crippen LogP contribution in [0.1, 0.15) is 10.4 Å². The summed E-state index contributed by atoms with van der Waals surface area (Å²) in [5, 5.41) is 3.32. The summed E-state index contributed by atoms with van der Waals surface area (Å²) in [6, 6.07) is 9.28. The van der Waals surface area contributed by atoms with Crippen molar-refractivity contribution in [1.82, 2.24) is 9.55 Å². The first-order valence-corrected chi connectivity index (χ1v) is 8.88. The number of benzene rings is 3. The summed E-state index contributed by atoms with van der Waals surface area (Å²) < 4.78 is 23.3. The Bertz CT molecular complexity index is 1220. The Labute approximate surface area is 167 Å². The molecule has 0 bridgehead atoms. The number of rotatable bonds is 5. The Kier molecular flexibility index (Phi) is 4.72. The number of hydrogen-bond donors (Lipinski definition) is 0. The number of aromatic nitrogens is 2. The number of carbonyl (C=O) groups is 1. The van der Waals surface area contributed by atoms with Crippen LogP contribution in [-0.2, 0) is 0 Å². The summed E-state index contributed by atoms with van der Waals surface area (Å²) in [5.41, 5.74) is 0.513. The van der Waals surface area contributed by atoms with Gasteiger partial charge in [0, 0.05) is 18.0 Å². The van der Waals surface area contributed by atoms with Crippen LogP contribution in [0.15, 0.2) is 49.1 Å². The van der Waals surface area contributed by atoms with Crippen molar-refractivity contribution in [3.05, 3.63) is 54.6 Å². The number of ether oxygens (including phenoxy) is 4. The predicted octanol–water partition coefficient (Wildman–Crippen LogP) is 3.91. The van der Waals surface area contributed by atoms with Crippen molar-refractivity contribution in [2.24, 2.45) is 0 Å². The van der Waals surface area contributed by atoms with Gasteiger partial charge in [0.2, 0.25) is 0 Å². The SMILES string of the molecule is COc1cc2cc(C(=O)n3ccnc3)c3cc(OC)c(OC)cc3c2cc1OC. The summed E-state index contributed by atoms with van der Waals surface area (Å²) in [5.74, 6) is 2.10. The van der Waals surface area contributed by atoms with Crippen molar-refractivity contribution < 1.29 is 23.7 Å². The first-order valence-electron chi connectivity index (χ1n) is 8.88. The lowest BCUT2D eigenvalue weighted by molar-refractivity contribution is 0.0961. The zero-order chi connectivity index (χ0) is 20.5. The number of fused-ring (bicyclic) bond motifs is 3. The zero-order valence-electron chi connectivity index (χ0n) is 16.6. The van der Waals surface area contributed by atoms with Gasteiger partial charge in [-0.15, -0.1) is 0 Å². The summed E-state index contributed by atoms with van der Waals surface area (Å²) in [4.78, 5) is 17.2. The van der Waals surface area contributed by atoms with Gasteiger partial charge in [-0.1, -0.05) is 0 Å². The van der Waals surface area contributed by atoms with Crippen LogP contribution in [0.3, 0.4) is 0 Å². The molecule has 148 valence electrons. The van der Waals surface area contributed by atoms with Crippen LogP contribution in [0.25, 0.3) is 21.5 Å². The molecule has 1 aromatic heterocycles. The monoisotopic (exact) mass is 392 g/mol. The lowest BCUT2D eigenvalue weighted by atomic mass is 9.95. The van der Waals surface area contributed by atoms with Gasteiger partial charge >= 0.3 is 0 Å². The van der Waals surface area contributed by atoms with E-state index in [1.807, 2.05) is 30.3 Å². The standard InChI is InChI=1S/C22H20N2O5/c1-26-18-8-13-7-17(22(25)24-6-5-23-12-24)16-11-21(29-4)20(28-3)10-15(16)14(13)9-19(18)27-2/h5-12H,1-4H3. The minimum absolute atomic E-state index is 0.198. The highest BCUT2D eigenvalue weighted by atomic mass is 16.5. The molecule has 0 fully saturated rings. The maximum atomic E-state index is 13.2. The van der Waals surface area contributed by atoms with Crippen LogP contribution in [0, 0.1) is 0 Å². The van der Waals surface area contributed by atoms with E-state index in [0.717, 1.165) is 21.5 Å². The van der Waals surface area contributed by atoms with Crippen molar-refractivity contribution >= 4 is 27.5 Å². The van der Waals surface area contributed by atoms with Gasteiger partial charge in [-0.25, -0.2) is 4.98 Å². The number of hydrogen-bond acceptors (Lipinski definition) is 6. The fourth-order valence-electron chi connectivity index (χ4n) is 3.50. The summed E-state index contributed by atoms with van der Waals surface area (Å²) in [7, 11) is 6.31. The molecule has 7 nitrogen and oxygen atoms in total. The van der Waals surface area contributed by atoms with Crippen molar-refractivity contribution in [2.45, 2.75) is 0 Å². The van der Waals surface area contributed by atoms with Crippen LogP contribution in [0.5, 0.6) is 23.0 Å². The summed E-state index contributed by atoms with van der Waals surface area (Å²) >= 11 is 0. The van der Waals surface area contributed by atoms with E-state index in [9.17, 15) is 4.79 Å². The Morgan fingerprint density at radius 3 is 1.86 bits per heavy atom. The Morgan fingerprint density at radius 1 is 0.759 bits per heavy atom. The Balaban J connectivity index is 2.13. The number of methoxy groups -OCH3 is 4. The molecule has 3 aromatic carbocycles. The molecule has 0 aliphatic heterocycles. The smallest absolute Gasteiger partial charge is 0.263 e. The molecule has 0 aliphatic rings. The molecule has 0 atom stereocenters. The third-order valence-corrected chi connectivity index (χ3v) is 4.93. The van der Waals surface area contributed by atoms with E-state index in [1.54, 1.807) is 40.8 Å². The molecular weight excluding hydrogens is 372 g/mol. The second-order valence-electron chi connectivity index (χ2n) is 6.38. The van der Waals surface area contributed by atoms with Crippen molar-refractivity contribution in [2.75, 3.05) is 28.4 Å². The van der Waals surface area contributed by atoms with Gasteiger partial charge in [0.1, 0.15) is 6.33 Å². The van der Waals surface area contributed by atoms with Crippen molar-refractivity contribution in [3.8, 4) is 23.0 Å². The Morgan fingerprint density at radius 2 is 1.31 bits per heavy atom. The molecule has 0 N–H and O–H groups in total. The van der Waals surface area contributed by atoms with Crippen LogP contribution in [0.2, 0.25) is 0 Å². The van der Waals surface area contributed by atoms with Gasteiger partial charge in [0.15, 0.2) is 23.0 Å². The predicted molar refractivity (Wildman–Crippen MR) is 110 cm³/mol. The number of nitrogens with zero attached hydrogens (tertiary/aromatic N) is 2. The molecule has 0 spiro atoms. The topological polar surface area (TPSA) is 71.8 Å². The minimum atomic E-state index is -0.198. The third-order valence-electron chi connectivity index (χ3n) is 4.93. The second kappa shape index (κ2) is 7.35. The molecule has 0 amide bonds. The van der Waals surface area contributed by atoms with Gasteiger partial charge < -0.3 is 18.9 Å². The van der Waals surface area contributed by atoms with E-state index in [0.29, 0.717) is 28.6 Å². The average Bonchev–Trinajstić information content (AvgIpc) is 3.30. The van der Waals surface area contributed by atoms with E-state index in [2.05, 4.69) is 4.98 Å². The molecule has 29 heavy (non-hydrogen) atoms. The molecule has 0 saturated carbocycles. The van der Waals surface area contributed by atoms with Gasteiger partial charge in [0.25, 0.3) is 5.91 Å². The molecule has 4 aromatic rings. The van der Waals surface area contributed by atoms with Crippen LogP contribution < -0.4 is 18.9 Å². The van der Waals surface area contributed by atoms with Gasteiger partial charge in [-0.3, -0.25) is 9.36 Å². The molecule has 4 rings (SSSR count). The minimum Gasteiger partial charge on any atom is -0.493 e. The van der Waals surface area contributed by atoms with Crippen LogP contribution >= 0.6 is 0 Å². The third kappa shape index (κ3) is 3.00. The maximum Gasteiger partial charge on any atom is 0.263 e. The van der Waals surface area contributed by atoms with Gasteiger partial charge in [-0.05, 0) is 51.9 Å². The van der Waals surface area contributed by atoms with E-state index < -0.39 is 0 Å². The Hall–Kier alpha value is -3.74. The lowest BCUT2D eigenvalue weighted by Crippen LogP contribution is -2.10. The van der Waals surface area contributed by atoms with E-state index in [-0.39, 0.29) is 5.91 Å². The summed E-state index contributed by atoms with van der Waals surface area (Å²) in [6.07, 6.45) is 4.67. The van der Waals surface area contributed by atoms with Gasteiger partial charge in [0.05, 0.1) is 28.4 Å². The molecule has 0 saturated heterocycles. The van der Waals surface area contributed by atoms with E-state index in [1.165, 1.54) is 10.9 Å². The van der Waals surface area contributed by atoms with E-state index in [4.69, 9.17) is 18.9 Å². The first-order chi connectivity index (χ1) is 14.1. The molecule has 0 radical (unpaired) electrons. The average molecular weight is 392 g/mol. The van der Waals surface area contributed by atoms with Crippen LogP contribution in [-0.4, -0.2) is 43.9 Å². The molecular formula is C22H20N2O5. The highest BCUT2D eigenvalue weighted by Gasteiger charge is 2.19. The highest BCUT2D eigenvalue weighted by molar-refractivity contribution is 6.18. The van der Waals surface area contributed by atoms with Crippen molar-refractivity contribution in [3.63, 3.8) is 0 Å². The maximum absolute atomic E-state index is 13.2. The first kappa shape index (κ1) is 18.6. The fraction of sp³-hybridized carbons (Fsp3) is 0.182. The lowest BCUT2D eigenvalue weighted by Gasteiger charge is -2.16. The quantitative estimate of drug-likeness (QED) is 0.480. The van der Waals surface area contributed by atoms with Gasteiger partial charge in [-0.2, -0.15) is 0 Å². The molecule has 1 heterocycles. The zero-order valence-corrected chi connectivity index (χ0v) is 16.6. The molecule has 0 unspecified atom stereocenters. The summed E-state index contributed by atoms with van der Waals surface area (Å²) in [6.45, 7) is 0.